The van der Waals surface area contributed by atoms with Gasteiger partial charge >= 0.3 is 0 Å². The van der Waals surface area contributed by atoms with Gasteiger partial charge in [-0.25, -0.2) is 0 Å². The standard InChI is InChI=1S/C27H34N4O2/c1-29(2)15-7-8-21-10-12-22(13-11-21)27-24-19-30(16-5-6-17-31(24)25(27)20-32)26(33)18-23-9-3-4-14-28-23/h3-4,9-14,24-25,27,32H,5-6,15-20H2,1-2H3/t24-,25+,27-/m0/s1. The molecule has 6 nitrogen and oxygen atoms in total. The number of benzene rings is 1. The maximum absolute atomic E-state index is 13.1. The van der Waals surface area contributed by atoms with Crippen molar-refractivity contribution in [2.45, 2.75) is 37.3 Å². The van der Waals surface area contributed by atoms with Crippen LogP contribution in [0.1, 0.15) is 35.6 Å². The third kappa shape index (κ3) is 5.62. The lowest BCUT2D eigenvalue weighted by atomic mass is 9.74. The maximum Gasteiger partial charge on any atom is 0.228 e. The molecule has 1 aromatic heterocycles. The number of fused-ring (bicyclic) bond motifs is 1. The first-order valence-electron chi connectivity index (χ1n) is 11.8. The molecule has 0 aliphatic carbocycles. The van der Waals surface area contributed by atoms with E-state index < -0.39 is 0 Å². The van der Waals surface area contributed by atoms with Crippen LogP contribution >= 0.6 is 0 Å². The largest absolute Gasteiger partial charge is 0.395 e. The van der Waals surface area contributed by atoms with Crippen LogP contribution in [0.25, 0.3) is 0 Å². The monoisotopic (exact) mass is 446 g/mol. The van der Waals surface area contributed by atoms with Crippen LogP contribution < -0.4 is 0 Å². The maximum atomic E-state index is 13.1. The van der Waals surface area contributed by atoms with E-state index in [1.165, 1.54) is 5.56 Å². The average molecular weight is 447 g/mol. The number of nitrogens with zero attached hydrogens (tertiary/aromatic N) is 4. The normalized spacial score (nSPS) is 23.0. The molecular weight excluding hydrogens is 412 g/mol. The molecule has 2 aliphatic rings. The van der Waals surface area contributed by atoms with Crippen molar-refractivity contribution in [3.8, 4) is 11.8 Å². The van der Waals surface area contributed by atoms with Crippen LogP contribution in [-0.4, -0.2) is 89.7 Å². The van der Waals surface area contributed by atoms with Gasteiger partial charge in [0, 0.05) is 48.5 Å². The minimum atomic E-state index is 0.103. The zero-order valence-electron chi connectivity index (χ0n) is 19.7. The Kier molecular flexibility index (Phi) is 7.77. The van der Waals surface area contributed by atoms with E-state index in [1.54, 1.807) is 6.20 Å². The van der Waals surface area contributed by atoms with E-state index >= 15 is 0 Å². The fourth-order valence-corrected chi connectivity index (χ4v) is 5.02. The molecule has 2 saturated heterocycles. The summed E-state index contributed by atoms with van der Waals surface area (Å²) in [5, 5.41) is 10.2. The van der Waals surface area contributed by atoms with Crippen molar-refractivity contribution in [2.75, 3.05) is 46.9 Å². The van der Waals surface area contributed by atoms with Crippen LogP contribution in [0.4, 0.5) is 0 Å². The van der Waals surface area contributed by atoms with Gasteiger partial charge in [0.25, 0.3) is 0 Å². The number of carbonyl (C=O) groups is 1. The second-order valence-corrected chi connectivity index (χ2v) is 9.29. The molecule has 2 fully saturated rings. The lowest BCUT2D eigenvalue weighted by molar-refractivity contribution is -0.135. The number of hydrogen-bond donors (Lipinski definition) is 1. The highest BCUT2D eigenvalue weighted by atomic mass is 16.3. The van der Waals surface area contributed by atoms with E-state index in [2.05, 4.69) is 46.0 Å². The molecular formula is C27H34N4O2. The van der Waals surface area contributed by atoms with Crippen molar-refractivity contribution in [3.63, 3.8) is 0 Å². The fraction of sp³-hybridized carbons (Fsp3) is 0.481. The first-order valence-corrected chi connectivity index (χ1v) is 11.8. The molecule has 2 aromatic rings. The first kappa shape index (κ1) is 23.4. The molecule has 0 unspecified atom stereocenters. The van der Waals surface area contributed by atoms with E-state index in [0.717, 1.165) is 43.7 Å². The minimum Gasteiger partial charge on any atom is -0.395 e. The molecule has 6 heteroatoms. The fourth-order valence-electron chi connectivity index (χ4n) is 5.02. The quantitative estimate of drug-likeness (QED) is 0.712. The van der Waals surface area contributed by atoms with Crippen molar-refractivity contribution in [1.82, 2.24) is 19.7 Å². The summed E-state index contributed by atoms with van der Waals surface area (Å²) in [6.07, 6.45) is 4.09. The van der Waals surface area contributed by atoms with Crippen molar-refractivity contribution in [1.29, 1.82) is 0 Å². The Morgan fingerprint density at radius 2 is 1.94 bits per heavy atom. The Bertz CT molecular complexity index is 981. The predicted octanol–water partition coefficient (Wildman–Crippen LogP) is 1.99. The smallest absolute Gasteiger partial charge is 0.228 e. The molecule has 3 atom stereocenters. The molecule has 4 rings (SSSR count). The van der Waals surface area contributed by atoms with Gasteiger partial charge in [0.2, 0.25) is 5.91 Å². The third-order valence-electron chi connectivity index (χ3n) is 6.70. The number of carbonyl (C=O) groups excluding carboxylic acids is 1. The van der Waals surface area contributed by atoms with Crippen molar-refractivity contribution in [2.24, 2.45) is 0 Å². The Hall–Kier alpha value is -2.72. The average Bonchev–Trinajstić information content (AvgIpc) is 2.79. The zero-order chi connectivity index (χ0) is 23.2. The number of pyridine rings is 1. The summed E-state index contributed by atoms with van der Waals surface area (Å²) >= 11 is 0. The Morgan fingerprint density at radius 1 is 1.15 bits per heavy atom. The summed E-state index contributed by atoms with van der Waals surface area (Å²) in [7, 11) is 4.02. The van der Waals surface area contributed by atoms with Crippen molar-refractivity contribution in [3.05, 3.63) is 65.5 Å². The number of aliphatic hydroxyl groups excluding tert-OH is 1. The van der Waals surface area contributed by atoms with Crippen LogP contribution in [0, 0.1) is 11.8 Å². The molecule has 33 heavy (non-hydrogen) atoms. The highest BCUT2D eigenvalue weighted by Gasteiger charge is 2.49. The Morgan fingerprint density at radius 3 is 2.64 bits per heavy atom. The molecule has 1 amide bonds. The topological polar surface area (TPSA) is 59.9 Å². The van der Waals surface area contributed by atoms with Gasteiger partial charge in [0.15, 0.2) is 0 Å². The summed E-state index contributed by atoms with van der Waals surface area (Å²) in [6.45, 7) is 3.32. The van der Waals surface area contributed by atoms with E-state index in [-0.39, 0.29) is 30.5 Å². The lowest BCUT2D eigenvalue weighted by Crippen LogP contribution is -2.68. The summed E-state index contributed by atoms with van der Waals surface area (Å²) in [5.41, 5.74) is 3.03. The highest BCUT2D eigenvalue weighted by Crippen LogP contribution is 2.42. The molecule has 2 aliphatic heterocycles. The van der Waals surface area contributed by atoms with Gasteiger partial charge in [-0.3, -0.25) is 19.6 Å². The van der Waals surface area contributed by atoms with Crippen LogP contribution in [-0.2, 0) is 11.2 Å². The van der Waals surface area contributed by atoms with Gasteiger partial charge in [0.1, 0.15) is 0 Å². The molecule has 174 valence electrons. The highest BCUT2D eigenvalue weighted by molar-refractivity contribution is 5.78. The Balaban J connectivity index is 1.49. The van der Waals surface area contributed by atoms with E-state index in [9.17, 15) is 9.90 Å². The molecule has 0 spiro atoms. The number of amides is 1. The number of rotatable bonds is 5. The van der Waals surface area contributed by atoms with Crippen LogP contribution in [0.15, 0.2) is 48.7 Å². The van der Waals surface area contributed by atoms with Gasteiger partial charge in [-0.15, -0.1) is 0 Å². The first-order chi connectivity index (χ1) is 16.1. The van der Waals surface area contributed by atoms with Gasteiger partial charge < -0.3 is 10.0 Å². The van der Waals surface area contributed by atoms with Crippen molar-refractivity contribution < 1.29 is 9.90 Å². The second kappa shape index (κ2) is 10.9. The van der Waals surface area contributed by atoms with Gasteiger partial charge in [-0.05, 0) is 63.3 Å². The summed E-state index contributed by atoms with van der Waals surface area (Å²) in [5.74, 6) is 6.73. The van der Waals surface area contributed by atoms with Crippen LogP contribution in [0.5, 0.6) is 0 Å². The summed E-state index contributed by atoms with van der Waals surface area (Å²) in [4.78, 5) is 23.9. The SMILES string of the molecule is CN(C)CC#Cc1ccc([C@@H]2[C@@H](CO)N3CCCCN(C(=O)Cc4ccccn4)C[C@@H]23)cc1. The van der Waals surface area contributed by atoms with Gasteiger partial charge in [-0.2, -0.15) is 0 Å². The number of aliphatic hydroxyl groups is 1. The van der Waals surface area contributed by atoms with E-state index in [4.69, 9.17) is 0 Å². The van der Waals surface area contributed by atoms with Crippen LogP contribution in [0.2, 0.25) is 0 Å². The minimum absolute atomic E-state index is 0.103. The van der Waals surface area contributed by atoms with Gasteiger partial charge in [0.05, 0.1) is 19.6 Å². The molecule has 3 heterocycles. The summed E-state index contributed by atoms with van der Waals surface area (Å²) < 4.78 is 0. The predicted molar refractivity (Wildman–Crippen MR) is 130 cm³/mol. The second-order valence-electron chi connectivity index (χ2n) is 9.29. The van der Waals surface area contributed by atoms with Crippen molar-refractivity contribution >= 4 is 5.91 Å². The molecule has 0 saturated carbocycles. The van der Waals surface area contributed by atoms with E-state index in [1.807, 2.05) is 42.1 Å². The molecule has 1 N–H and O–H groups in total. The van der Waals surface area contributed by atoms with Gasteiger partial charge in [-0.1, -0.05) is 30.0 Å². The molecule has 0 bridgehead atoms. The summed E-state index contributed by atoms with van der Waals surface area (Å²) in [6, 6.07) is 14.5. The van der Waals surface area contributed by atoms with E-state index in [0.29, 0.717) is 13.0 Å². The molecule has 0 radical (unpaired) electrons. The Labute approximate surface area is 197 Å². The number of aromatic nitrogens is 1. The molecule has 1 aromatic carbocycles. The van der Waals surface area contributed by atoms with Crippen LogP contribution in [0.3, 0.4) is 0 Å². The lowest BCUT2D eigenvalue weighted by Gasteiger charge is -2.57. The zero-order valence-corrected chi connectivity index (χ0v) is 19.7. The third-order valence-corrected chi connectivity index (χ3v) is 6.70. The number of hydrogen-bond acceptors (Lipinski definition) is 5.